The maximum absolute atomic E-state index is 12.9. The second kappa shape index (κ2) is 4.22. The number of hydrogen-bond donors (Lipinski definition) is 1. The standard InChI is InChI=1S/C7H5F3N2O3/c8-6(9)4-1-3(2-13)11-7(10)5(4)12(14)15/h1,6,13H,2H2. The Morgan fingerprint density at radius 1 is 1.60 bits per heavy atom. The third-order valence-electron chi connectivity index (χ3n) is 1.61. The molecule has 1 rings (SSSR count). The fourth-order valence-corrected chi connectivity index (χ4v) is 1.01. The summed E-state index contributed by atoms with van der Waals surface area (Å²) in [5.41, 5.74) is -2.83. The zero-order chi connectivity index (χ0) is 11.6. The van der Waals surface area contributed by atoms with Crippen LogP contribution in [0.4, 0.5) is 18.9 Å². The zero-order valence-corrected chi connectivity index (χ0v) is 7.15. The molecule has 0 fully saturated rings. The molecule has 0 saturated heterocycles. The van der Waals surface area contributed by atoms with Crippen molar-refractivity contribution >= 4 is 5.69 Å². The van der Waals surface area contributed by atoms with Crippen molar-refractivity contribution in [1.29, 1.82) is 0 Å². The van der Waals surface area contributed by atoms with Gasteiger partial charge in [0.2, 0.25) is 0 Å². The molecule has 5 nitrogen and oxygen atoms in total. The SMILES string of the molecule is O=[N+]([O-])c1c(C(F)F)cc(CO)nc1F. The van der Waals surface area contributed by atoms with E-state index in [-0.39, 0.29) is 5.69 Å². The van der Waals surface area contributed by atoms with Crippen molar-refractivity contribution in [1.82, 2.24) is 4.98 Å². The van der Waals surface area contributed by atoms with Gasteiger partial charge in [0, 0.05) is 0 Å². The number of aromatic nitrogens is 1. The smallest absolute Gasteiger partial charge is 0.332 e. The number of alkyl halides is 2. The molecule has 1 heterocycles. The van der Waals surface area contributed by atoms with Crippen LogP contribution in [0.3, 0.4) is 0 Å². The van der Waals surface area contributed by atoms with Crippen LogP contribution in [0.25, 0.3) is 0 Å². The minimum atomic E-state index is -3.20. The number of hydrogen-bond acceptors (Lipinski definition) is 4. The fraction of sp³-hybridized carbons (Fsp3) is 0.286. The summed E-state index contributed by atoms with van der Waals surface area (Å²) in [6.07, 6.45) is -3.20. The van der Waals surface area contributed by atoms with E-state index in [4.69, 9.17) is 5.11 Å². The van der Waals surface area contributed by atoms with Crippen LogP contribution in [-0.4, -0.2) is 15.0 Å². The van der Waals surface area contributed by atoms with E-state index in [9.17, 15) is 23.3 Å². The first-order valence-electron chi connectivity index (χ1n) is 3.70. The Morgan fingerprint density at radius 2 is 2.20 bits per heavy atom. The second-order valence-electron chi connectivity index (χ2n) is 2.56. The monoisotopic (exact) mass is 222 g/mol. The van der Waals surface area contributed by atoms with Crippen molar-refractivity contribution in [2.45, 2.75) is 13.0 Å². The lowest BCUT2D eigenvalue weighted by molar-refractivity contribution is -0.389. The molecule has 0 unspecified atom stereocenters. The summed E-state index contributed by atoms with van der Waals surface area (Å²) >= 11 is 0. The van der Waals surface area contributed by atoms with E-state index in [2.05, 4.69) is 4.98 Å². The van der Waals surface area contributed by atoms with Crippen LogP contribution < -0.4 is 0 Å². The highest BCUT2D eigenvalue weighted by Crippen LogP contribution is 2.30. The molecule has 0 aliphatic rings. The first kappa shape index (κ1) is 11.4. The number of rotatable bonds is 3. The zero-order valence-electron chi connectivity index (χ0n) is 7.15. The largest absolute Gasteiger partial charge is 0.390 e. The third-order valence-corrected chi connectivity index (χ3v) is 1.61. The van der Waals surface area contributed by atoms with Gasteiger partial charge in [0.15, 0.2) is 0 Å². The fourth-order valence-electron chi connectivity index (χ4n) is 1.01. The molecule has 0 aliphatic carbocycles. The summed E-state index contributed by atoms with van der Waals surface area (Å²) in [5, 5.41) is 18.8. The molecule has 82 valence electrons. The molecule has 8 heteroatoms. The van der Waals surface area contributed by atoms with Gasteiger partial charge in [0.1, 0.15) is 5.56 Å². The molecule has 0 saturated carbocycles. The van der Waals surface area contributed by atoms with Gasteiger partial charge in [-0.3, -0.25) is 10.1 Å². The van der Waals surface area contributed by atoms with Gasteiger partial charge in [-0.1, -0.05) is 0 Å². The van der Waals surface area contributed by atoms with Gasteiger partial charge in [-0.2, -0.15) is 4.39 Å². The quantitative estimate of drug-likeness (QED) is 0.478. The maximum atomic E-state index is 12.9. The molecule has 1 aromatic rings. The van der Waals surface area contributed by atoms with Crippen LogP contribution in [-0.2, 0) is 6.61 Å². The lowest BCUT2D eigenvalue weighted by atomic mass is 10.2. The molecule has 0 aromatic carbocycles. The lowest BCUT2D eigenvalue weighted by Crippen LogP contribution is -2.04. The number of aliphatic hydroxyl groups excluding tert-OH is 1. The summed E-state index contributed by atoms with van der Waals surface area (Å²) in [6, 6.07) is 0.603. The van der Waals surface area contributed by atoms with E-state index in [1.807, 2.05) is 0 Å². The molecule has 0 spiro atoms. The van der Waals surface area contributed by atoms with Gasteiger partial charge >= 0.3 is 5.69 Å². The van der Waals surface area contributed by atoms with Crippen LogP contribution >= 0.6 is 0 Å². The molecule has 0 atom stereocenters. The molecule has 1 N–H and O–H groups in total. The Labute approximate surface area is 81.3 Å². The van der Waals surface area contributed by atoms with Crippen molar-refractivity contribution in [3.8, 4) is 0 Å². The first-order chi connectivity index (χ1) is 6.97. The van der Waals surface area contributed by atoms with E-state index in [0.717, 1.165) is 0 Å². The predicted molar refractivity (Wildman–Crippen MR) is 41.7 cm³/mol. The van der Waals surface area contributed by atoms with Gasteiger partial charge < -0.3 is 5.11 Å². The minimum absolute atomic E-state index is 0.381. The van der Waals surface area contributed by atoms with Gasteiger partial charge in [-0.05, 0) is 6.07 Å². The van der Waals surface area contributed by atoms with Gasteiger partial charge in [0.25, 0.3) is 12.4 Å². The summed E-state index contributed by atoms with van der Waals surface area (Å²) in [4.78, 5) is 12.0. The number of aliphatic hydroxyl groups is 1. The number of halogens is 3. The summed E-state index contributed by atoms with van der Waals surface area (Å²) in [7, 11) is 0. The molecule has 15 heavy (non-hydrogen) atoms. The van der Waals surface area contributed by atoms with Crippen molar-refractivity contribution in [2.24, 2.45) is 0 Å². The minimum Gasteiger partial charge on any atom is -0.390 e. The van der Waals surface area contributed by atoms with Crippen molar-refractivity contribution < 1.29 is 23.2 Å². The molecule has 0 aliphatic heterocycles. The number of nitro groups is 1. The van der Waals surface area contributed by atoms with E-state index in [1.54, 1.807) is 0 Å². The number of pyridine rings is 1. The summed E-state index contributed by atoms with van der Waals surface area (Å²) < 4.78 is 37.5. The second-order valence-corrected chi connectivity index (χ2v) is 2.56. The van der Waals surface area contributed by atoms with E-state index < -0.39 is 35.2 Å². The molecular weight excluding hydrogens is 217 g/mol. The van der Waals surface area contributed by atoms with Crippen LogP contribution in [0.2, 0.25) is 0 Å². The highest BCUT2D eigenvalue weighted by molar-refractivity contribution is 5.40. The summed E-state index contributed by atoms with van der Waals surface area (Å²) in [5.74, 6) is -1.62. The Bertz CT molecular complexity index is 397. The van der Waals surface area contributed by atoms with Crippen LogP contribution in [0.15, 0.2) is 6.07 Å². The Kier molecular flexibility index (Phi) is 3.20. The number of nitrogens with zero attached hydrogens (tertiary/aromatic N) is 2. The average Bonchev–Trinajstić information content (AvgIpc) is 2.15. The normalized spacial score (nSPS) is 10.7. The summed E-state index contributed by atoms with van der Waals surface area (Å²) in [6.45, 7) is -0.769. The Morgan fingerprint density at radius 3 is 2.60 bits per heavy atom. The van der Waals surface area contributed by atoms with E-state index >= 15 is 0 Å². The lowest BCUT2D eigenvalue weighted by Gasteiger charge is -2.04. The van der Waals surface area contributed by atoms with E-state index in [0.29, 0.717) is 6.07 Å². The first-order valence-corrected chi connectivity index (χ1v) is 3.70. The van der Waals surface area contributed by atoms with Crippen molar-refractivity contribution in [2.75, 3.05) is 0 Å². The third kappa shape index (κ3) is 2.21. The molecule has 1 aromatic heterocycles. The molecular formula is C7H5F3N2O3. The van der Waals surface area contributed by atoms with Crippen molar-refractivity contribution in [3.63, 3.8) is 0 Å². The van der Waals surface area contributed by atoms with Gasteiger partial charge in [0.05, 0.1) is 17.2 Å². The molecule has 0 radical (unpaired) electrons. The van der Waals surface area contributed by atoms with Crippen LogP contribution in [0, 0.1) is 16.1 Å². The Balaban J connectivity index is 3.42. The highest BCUT2D eigenvalue weighted by atomic mass is 19.3. The molecule has 0 bridgehead atoms. The average molecular weight is 222 g/mol. The maximum Gasteiger partial charge on any atom is 0.332 e. The predicted octanol–water partition coefficient (Wildman–Crippen LogP) is 1.56. The highest BCUT2D eigenvalue weighted by Gasteiger charge is 2.28. The van der Waals surface area contributed by atoms with Crippen molar-refractivity contribution in [3.05, 3.63) is 33.4 Å². The van der Waals surface area contributed by atoms with Gasteiger partial charge in [-0.25, -0.2) is 13.8 Å². The van der Waals surface area contributed by atoms with Gasteiger partial charge in [-0.15, -0.1) is 0 Å². The van der Waals surface area contributed by atoms with E-state index in [1.165, 1.54) is 0 Å². The molecule has 0 amide bonds. The van der Waals surface area contributed by atoms with Crippen LogP contribution in [0.5, 0.6) is 0 Å². The topological polar surface area (TPSA) is 76.3 Å². The Hall–Kier alpha value is -1.70. The van der Waals surface area contributed by atoms with Crippen LogP contribution in [0.1, 0.15) is 17.7 Å².